The van der Waals surface area contributed by atoms with Gasteiger partial charge in [0.25, 0.3) is 0 Å². The average molecular weight is 296 g/mol. The Morgan fingerprint density at radius 1 is 1.05 bits per heavy atom. The van der Waals surface area contributed by atoms with Crippen molar-refractivity contribution in [2.75, 3.05) is 0 Å². The van der Waals surface area contributed by atoms with Crippen molar-refractivity contribution in [2.24, 2.45) is 0 Å². The van der Waals surface area contributed by atoms with E-state index in [9.17, 15) is 0 Å². The number of hydrogen-bond donors (Lipinski definition) is 0. The summed E-state index contributed by atoms with van der Waals surface area (Å²) < 4.78 is 0. The van der Waals surface area contributed by atoms with Gasteiger partial charge in [0.15, 0.2) is 0 Å². The van der Waals surface area contributed by atoms with Crippen LogP contribution in [0, 0.1) is 0 Å². The van der Waals surface area contributed by atoms with E-state index in [1.54, 1.807) is 21.1 Å². The van der Waals surface area contributed by atoms with Crippen molar-refractivity contribution >= 4 is 41.0 Å². The second kappa shape index (κ2) is 4.89. The molecule has 0 atom stereocenters. The van der Waals surface area contributed by atoms with Crippen molar-refractivity contribution in [1.29, 1.82) is 0 Å². The molecule has 2 aromatic carbocycles. The van der Waals surface area contributed by atoms with Crippen LogP contribution < -0.4 is 15.6 Å². The molecular weight excluding hydrogens is 276 g/mol. The fourth-order valence-corrected chi connectivity index (χ4v) is 9.91. The van der Waals surface area contributed by atoms with Crippen LogP contribution in [0.15, 0.2) is 48.5 Å². The van der Waals surface area contributed by atoms with Crippen LogP contribution in [-0.2, 0) is 6.04 Å². The van der Waals surface area contributed by atoms with Crippen LogP contribution in [0.5, 0.6) is 0 Å². The molecule has 4 bridgehead atoms. The molecule has 1 heterocycles. The Hall–Kier alpha value is -0.909. The molecule has 0 saturated heterocycles. The Balaban J connectivity index is 2.15. The van der Waals surface area contributed by atoms with Crippen LogP contribution in [0.4, 0.5) is 0 Å². The number of rotatable bonds is 0. The van der Waals surface area contributed by atoms with Gasteiger partial charge in [0.2, 0.25) is 0 Å². The minimum absolute atomic E-state index is 0.424. The molecule has 95 valence electrons. The van der Waals surface area contributed by atoms with Crippen molar-refractivity contribution in [2.45, 2.75) is 25.7 Å². The van der Waals surface area contributed by atoms with E-state index < -0.39 is 16.4 Å². The molecule has 0 fully saturated rings. The van der Waals surface area contributed by atoms with Gasteiger partial charge in [0.05, 0.1) is 25.4 Å². The highest BCUT2D eigenvalue weighted by Crippen LogP contribution is 2.12. The molecule has 3 rings (SSSR count). The zero-order chi connectivity index (χ0) is 13.5. The number of hydrogen-bond acceptors (Lipinski definition) is 0. The lowest BCUT2D eigenvalue weighted by atomic mass is 10.2. The molecule has 0 unspecified atom stereocenters. The van der Waals surface area contributed by atoms with E-state index in [1.165, 1.54) is 6.04 Å². The topological polar surface area (TPSA) is 0 Å². The Bertz CT molecular complexity index is 604. The van der Waals surface area contributed by atoms with Crippen molar-refractivity contribution in [1.82, 2.24) is 0 Å². The van der Waals surface area contributed by atoms with Crippen LogP contribution in [0.3, 0.4) is 0 Å². The van der Waals surface area contributed by atoms with Gasteiger partial charge in [0.1, 0.15) is 0 Å². The molecule has 0 saturated carbocycles. The molecule has 0 amide bonds. The van der Waals surface area contributed by atoms with Crippen molar-refractivity contribution in [3.8, 4) is 0 Å². The molecule has 1 aliphatic rings. The molecule has 0 N–H and O–H groups in total. The summed E-state index contributed by atoms with van der Waals surface area (Å²) in [6, 6.07) is 20.1. The summed E-state index contributed by atoms with van der Waals surface area (Å²) in [6.45, 7) is 7.47. The van der Waals surface area contributed by atoms with E-state index in [2.05, 4.69) is 68.2 Å². The zero-order valence-corrected chi connectivity index (χ0v) is 14.8. The molecule has 19 heavy (non-hydrogen) atoms. The first-order valence-corrected chi connectivity index (χ1v) is 14.1. The van der Waals surface area contributed by atoms with E-state index in [0.717, 1.165) is 9.04 Å². The van der Waals surface area contributed by atoms with Gasteiger partial charge < -0.3 is 0 Å². The Morgan fingerprint density at radius 3 is 2.68 bits per heavy atom. The van der Waals surface area contributed by atoms with Crippen molar-refractivity contribution < 1.29 is 0 Å². The summed E-state index contributed by atoms with van der Waals surface area (Å²) in [4.78, 5) is 0. The van der Waals surface area contributed by atoms with Gasteiger partial charge in [0, 0.05) is 0 Å². The van der Waals surface area contributed by atoms with E-state index >= 15 is 0 Å². The lowest BCUT2D eigenvalue weighted by Crippen LogP contribution is -2.49. The zero-order valence-electron chi connectivity index (χ0n) is 11.8. The first kappa shape index (κ1) is 13.1. The monoisotopic (exact) mass is 295 g/mol. The molecule has 0 nitrogen and oxygen atoms in total. The van der Waals surface area contributed by atoms with Crippen LogP contribution in [0.25, 0.3) is 0 Å². The molecule has 0 spiro atoms. The predicted octanol–water partition coefficient (Wildman–Crippen LogP) is 1.56. The quantitative estimate of drug-likeness (QED) is 0.647. The standard InChI is InChI=1S/C16H19Si3/c1-18-15-8-5-9-16(11-15)19(2,3)12-13-6-4-7-14(10-13)17-18/h4-11H,12H2,1-3H3. The Morgan fingerprint density at radius 2 is 1.84 bits per heavy atom. The molecule has 0 aliphatic carbocycles. The Labute approximate surface area is 121 Å². The second-order valence-electron chi connectivity index (χ2n) is 6.09. The summed E-state index contributed by atoms with van der Waals surface area (Å²) in [5.41, 5.74) is 1.55. The van der Waals surface area contributed by atoms with Crippen LogP contribution in [0.2, 0.25) is 19.6 Å². The maximum Gasteiger partial charge on any atom is 0.0849 e. The van der Waals surface area contributed by atoms with Crippen molar-refractivity contribution in [3.05, 3.63) is 54.1 Å². The Kier molecular flexibility index (Phi) is 3.37. The largest absolute Gasteiger partial charge is 0.0849 e. The summed E-state index contributed by atoms with van der Waals surface area (Å²) >= 11 is 0. The van der Waals surface area contributed by atoms with E-state index in [-0.39, 0.29) is 0 Å². The number of fused-ring (bicyclic) bond motifs is 4. The number of benzene rings is 2. The fraction of sp³-hybridized carbons (Fsp3) is 0.250. The molecule has 3 heteroatoms. The fourth-order valence-electron chi connectivity index (χ4n) is 2.83. The van der Waals surface area contributed by atoms with Gasteiger partial charge in [-0.05, 0) is 6.04 Å². The normalized spacial score (nSPS) is 18.1. The molecule has 2 aromatic rings. The highest BCUT2D eigenvalue weighted by Gasteiger charge is 2.26. The van der Waals surface area contributed by atoms with Crippen molar-refractivity contribution in [3.63, 3.8) is 0 Å². The van der Waals surface area contributed by atoms with Gasteiger partial charge >= 0.3 is 0 Å². The van der Waals surface area contributed by atoms with E-state index in [4.69, 9.17) is 0 Å². The SMILES string of the molecule is C[Si]1[Si]c2cccc(c2)C[Si](C)(C)c2cccc1c2. The summed E-state index contributed by atoms with van der Waals surface area (Å²) in [6.07, 6.45) is 0. The lowest BCUT2D eigenvalue weighted by molar-refractivity contribution is 1.33. The maximum atomic E-state index is 2.53. The summed E-state index contributed by atoms with van der Waals surface area (Å²) in [5, 5.41) is 4.81. The second-order valence-corrected chi connectivity index (χ2v) is 16.4. The van der Waals surface area contributed by atoms with Gasteiger partial charge in [-0.1, -0.05) is 89.3 Å². The summed E-state index contributed by atoms with van der Waals surface area (Å²) in [7, 11) is -0.793. The minimum Gasteiger partial charge on any atom is -0.0690 e. The van der Waals surface area contributed by atoms with Crippen LogP contribution >= 0.6 is 0 Å². The van der Waals surface area contributed by atoms with Crippen LogP contribution in [-0.4, -0.2) is 25.4 Å². The molecule has 1 aliphatic heterocycles. The van der Waals surface area contributed by atoms with Gasteiger partial charge in [-0.25, -0.2) is 0 Å². The predicted molar refractivity (Wildman–Crippen MR) is 90.3 cm³/mol. The molecular formula is C16H19Si3. The molecule has 0 aromatic heterocycles. The average Bonchev–Trinajstić information content (AvgIpc) is 2.38. The maximum absolute atomic E-state index is 2.53. The van der Waals surface area contributed by atoms with Gasteiger partial charge in [-0.15, -0.1) is 0 Å². The van der Waals surface area contributed by atoms with Crippen LogP contribution in [0.1, 0.15) is 5.56 Å². The van der Waals surface area contributed by atoms with E-state index in [0.29, 0.717) is 0 Å². The third-order valence-electron chi connectivity index (χ3n) is 3.98. The molecule has 3 radical (unpaired) electrons. The first-order chi connectivity index (χ1) is 9.04. The van der Waals surface area contributed by atoms with Gasteiger partial charge in [-0.2, -0.15) is 0 Å². The highest BCUT2D eigenvalue weighted by molar-refractivity contribution is 7.23. The third-order valence-corrected chi connectivity index (χ3v) is 12.2. The van der Waals surface area contributed by atoms with Gasteiger partial charge in [-0.3, -0.25) is 0 Å². The van der Waals surface area contributed by atoms with E-state index in [1.807, 2.05) is 0 Å². The smallest absolute Gasteiger partial charge is 0.0690 e. The summed E-state index contributed by atoms with van der Waals surface area (Å²) in [5.74, 6) is 0. The lowest BCUT2D eigenvalue weighted by Gasteiger charge is -2.26. The minimum atomic E-state index is -1.35. The highest BCUT2D eigenvalue weighted by atomic mass is 29.2. The first-order valence-electron chi connectivity index (χ1n) is 6.85. The third kappa shape index (κ3) is 2.68.